The molecule has 0 saturated carbocycles. The zero-order valence-corrected chi connectivity index (χ0v) is 9.90. The fourth-order valence-electron chi connectivity index (χ4n) is 1.37. The maximum absolute atomic E-state index is 11.1. The van der Waals surface area contributed by atoms with Gasteiger partial charge in [-0.25, -0.2) is 0 Å². The Bertz CT molecular complexity index is 360. The Hall–Kier alpha value is -1.57. The van der Waals surface area contributed by atoms with E-state index in [1.54, 1.807) is 13.8 Å². The first kappa shape index (κ1) is 11.9. The standard InChI is InChI=1S/C9H17N3O5/c1-7(2)9(14)15-6-16-12-11(17-12)10-3-8(4-10)5-13/h7-8,13H,3-6H2,1-2H3. The number of ether oxygens (including phenoxy) is 1. The van der Waals surface area contributed by atoms with Gasteiger partial charge in [0, 0.05) is 30.6 Å². The molecule has 1 aromatic heterocycles. The van der Waals surface area contributed by atoms with Crippen molar-refractivity contribution in [1.82, 2.24) is 9.98 Å². The molecule has 2 rings (SSSR count). The highest BCUT2D eigenvalue weighted by Crippen LogP contribution is 2.14. The van der Waals surface area contributed by atoms with Crippen molar-refractivity contribution >= 4 is 5.97 Å². The van der Waals surface area contributed by atoms with Gasteiger partial charge in [-0.3, -0.25) is 9.80 Å². The SMILES string of the molecule is CC(C)C(=O)OCOn1on1N1CC(CO)C1. The number of carbonyl (C=O) groups excluding carboxylic acids is 1. The lowest BCUT2D eigenvalue weighted by Gasteiger charge is -2.34. The third-order valence-corrected chi connectivity index (χ3v) is 2.53. The maximum Gasteiger partial charge on any atom is 0.311 e. The van der Waals surface area contributed by atoms with E-state index >= 15 is 0 Å². The normalized spacial score (nSPS) is 16.4. The monoisotopic (exact) mass is 247 g/mol. The molecule has 0 unspecified atom stereocenters. The second-order valence-electron chi connectivity index (χ2n) is 4.36. The summed E-state index contributed by atoms with van der Waals surface area (Å²) >= 11 is 0. The summed E-state index contributed by atoms with van der Waals surface area (Å²) in [5.41, 5.74) is 0. The van der Waals surface area contributed by atoms with E-state index in [1.165, 1.54) is 4.96 Å². The summed E-state index contributed by atoms with van der Waals surface area (Å²) in [6.45, 7) is 4.95. The molecule has 1 aliphatic heterocycles. The molecule has 8 heteroatoms. The van der Waals surface area contributed by atoms with Crippen LogP contribution in [0.5, 0.6) is 0 Å². The molecule has 98 valence electrons. The van der Waals surface area contributed by atoms with E-state index in [1.807, 2.05) is 5.01 Å². The molecule has 0 bridgehead atoms. The lowest BCUT2D eigenvalue weighted by atomic mass is 10.0. The molecule has 0 spiro atoms. The third-order valence-electron chi connectivity index (χ3n) is 2.53. The zero-order chi connectivity index (χ0) is 12.4. The molecule has 17 heavy (non-hydrogen) atoms. The fourth-order valence-corrected chi connectivity index (χ4v) is 1.37. The van der Waals surface area contributed by atoms with Crippen LogP contribution in [0.25, 0.3) is 0 Å². The van der Waals surface area contributed by atoms with Gasteiger partial charge in [-0.15, -0.1) is 0 Å². The molecule has 0 amide bonds. The van der Waals surface area contributed by atoms with Crippen molar-refractivity contribution < 1.29 is 24.1 Å². The lowest BCUT2D eigenvalue weighted by molar-refractivity contribution is -0.163. The molecule has 0 aromatic carbocycles. The van der Waals surface area contributed by atoms with Gasteiger partial charge in [-0.2, -0.15) is 4.63 Å². The van der Waals surface area contributed by atoms with Gasteiger partial charge in [-0.1, -0.05) is 13.8 Å². The van der Waals surface area contributed by atoms with Crippen LogP contribution in [-0.2, 0) is 9.53 Å². The zero-order valence-electron chi connectivity index (χ0n) is 9.90. The Morgan fingerprint density at radius 3 is 2.82 bits per heavy atom. The minimum Gasteiger partial charge on any atom is -0.425 e. The summed E-state index contributed by atoms with van der Waals surface area (Å²) in [6.07, 6.45) is 0. The highest BCUT2D eigenvalue weighted by atomic mass is 17.0. The quantitative estimate of drug-likeness (QED) is 0.514. The molecule has 0 aliphatic carbocycles. The average Bonchev–Trinajstić information content (AvgIpc) is 2.95. The Morgan fingerprint density at radius 2 is 2.24 bits per heavy atom. The molecule has 1 aliphatic rings. The molecule has 1 fully saturated rings. The maximum atomic E-state index is 11.1. The van der Waals surface area contributed by atoms with Gasteiger partial charge in [0.2, 0.25) is 0 Å². The number of aliphatic hydroxyl groups is 1. The van der Waals surface area contributed by atoms with Crippen molar-refractivity contribution in [2.24, 2.45) is 11.8 Å². The lowest BCUT2D eigenvalue weighted by Crippen LogP contribution is -2.53. The number of nitrogens with zero attached hydrogens (tertiary/aromatic N) is 3. The van der Waals surface area contributed by atoms with E-state index < -0.39 is 0 Å². The summed E-state index contributed by atoms with van der Waals surface area (Å²) in [4.78, 5) is 17.5. The minimum atomic E-state index is -0.317. The number of hydrogen-bond acceptors (Lipinski definition) is 6. The van der Waals surface area contributed by atoms with Crippen LogP contribution in [0.15, 0.2) is 4.63 Å². The number of esters is 1. The number of aliphatic hydroxyl groups excluding tert-OH is 1. The number of hydrogen-bond donors (Lipinski definition) is 1. The van der Waals surface area contributed by atoms with Crippen LogP contribution < -0.4 is 9.85 Å². The highest BCUT2D eigenvalue weighted by Gasteiger charge is 2.33. The van der Waals surface area contributed by atoms with Crippen molar-refractivity contribution in [1.29, 1.82) is 0 Å². The summed E-state index contributed by atoms with van der Waals surface area (Å²) in [7, 11) is 0. The number of aromatic nitrogens is 2. The third kappa shape index (κ3) is 2.76. The first-order valence-corrected chi connectivity index (χ1v) is 5.55. The summed E-state index contributed by atoms with van der Waals surface area (Å²) in [5.74, 6) is -0.201. The smallest absolute Gasteiger partial charge is 0.311 e. The number of rotatable bonds is 6. The second-order valence-corrected chi connectivity index (χ2v) is 4.36. The summed E-state index contributed by atoms with van der Waals surface area (Å²) in [6, 6.07) is 0. The van der Waals surface area contributed by atoms with Crippen molar-refractivity contribution in [2.75, 3.05) is 31.5 Å². The molecular formula is C9H17N3O5. The van der Waals surface area contributed by atoms with E-state index in [9.17, 15) is 4.79 Å². The molecule has 0 radical (unpaired) electrons. The van der Waals surface area contributed by atoms with Crippen LogP contribution in [0, 0.1) is 11.8 Å². The van der Waals surface area contributed by atoms with Crippen LogP contribution in [0.3, 0.4) is 0 Å². The minimum absolute atomic E-state index is 0.175. The first-order chi connectivity index (χ1) is 8.11. The molecule has 2 heterocycles. The summed E-state index contributed by atoms with van der Waals surface area (Å²) < 4.78 is 9.76. The molecule has 1 N–H and O–H groups in total. The largest absolute Gasteiger partial charge is 0.425 e. The highest BCUT2D eigenvalue weighted by molar-refractivity contribution is 5.71. The fraction of sp³-hybridized carbons (Fsp3) is 0.889. The van der Waals surface area contributed by atoms with Gasteiger partial charge in [0.05, 0.1) is 5.92 Å². The van der Waals surface area contributed by atoms with E-state index in [-0.39, 0.29) is 25.3 Å². The van der Waals surface area contributed by atoms with Gasteiger partial charge in [0.15, 0.2) is 0 Å². The van der Waals surface area contributed by atoms with Crippen molar-refractivity contribution in [2.45, 2.75) is 13.8 Å². The van der Waals surface area contributed by atoms with Crippen LogP contribution in [0.2, 0.25) is 0 Å². The Kier molecular flexibility index (Phi) is 3.32. The van der Waals surface area contributed by atoms with Crippen LogP contribution in [0.4, 0.5) is 0 Å². The molecule has 1 saturated heterocycles. The number of carbonyl (C=O) groups is 1. The van der Waals surface area contributed by atoms with Crippen molar-refractivity contribution in [3.63, 3.8) is 0 Å². The van der Waals surface area contributed by atoms with Crippen LogP contribution >= 0.6 is 0 Å². The van der Waals surface area contributed by atoms with Crippen molar-refractivity contribution in [3.05, 3.63) is 0 Å². The van der Waals surface area contributed by atoms with Crippen LogP contribution in [0.1, 0.15) is 13.8 Å². The van der Waals surface area contributed by atoms with Crippen molar-refractivity contribution in [3.8, 4) is 0 Å². The topological polar surface area (TPSA) is 82.0 Å². The van der Waals surface area contributed by atoms with Crippen LogP contribution in [-0.4, -0.2) is 47.5 Å². The van der Waals surface area contributed by atoms with Gasteiger partial charge in [-0.05, 0) is 0 Å². The molecule has 8 nitrogen and oxygen atoms in total. The molecule has 1 aromatic rings. The van der Waals surface area contributed by atoms with E-state index in [4.69, 9.17) is 19.3 Å². The van der Waals surface area contributed by atoms with Gasteiger partial charge >= 0.3 is 5.97 Å². The summed E-state index contributed by atoms with van der Waals surface area (Å²) in [5, 5.41) is 11.8. The van der Waals surface area contributed by atoms with Gasteiger partial charge in [0.1, 0.15) is 5.02 Å². The van der Waals surface area contributed by atoms with Gasteiger partial charge < -0.3 is 14.7 Å². The second kappa shape index (κ2) is 4.74. The van der Waals surface area contributed by atoms with E-state index in [0.717, 1.165) is 18.1 Å². The Morgan fingerprint density at radius 1 is 1.53 bits per heavy atom. The van der Waals surface area contributed by atoms with E-state index in [2.05, 4.69) is 0 Å². The predicted molar refractivity (Wildman–Crippen MR) is 55.6 cm³/mol. The Labute approximate surface area is 98.1 Å². The average molecular weight is 247 g/mol. The Balaban J connectivity index is 1.61. The first-order valence-electron chi connectivity index (χ1n) is 5.55. The molecule has 0 atom stereocenters. The van der Waals surface area contributed by atoms with Gasteiger partial charge in [0.25, 0.3) is 6.79 Å². The predicted octanol–water partition coefficient (Wildman–Crippen LogP) is -0.972. The molecular weight excluding hydrogens is 230 g/mol. The van der Waals surface area contributed by atoms with E-state index in [0.29, 0.717) is 5.92 Å².